The van der Waals surface area contributed by atoms with E-state index in [0.717, 1.165) is 13.0 Å². The Morgan fingerprint density at radius 3 is 2.38 bits per heavy atom. The molecule has 1 N–H and O–H groups in total. The number of nitrogens with one attached hydrogen (secondary N) is 1. The summed E-state index contributed by atoms with van der Waals surface area (Å²) in [6, 6.07) is 0.469. The second-order valence-corrected chi connectivity index (χ2v) is 3.68. The van der Waals surface area contributed by atoms with Crippen molar-refractivity contribution in [3.05, 3.63) is 0 Å². The van der Waals surface area contributed by atoms with Gasteiger partial charge in [0.1, 0.15) is 0 Å². The van der Waals surface area contributed by atoms with Gasteiger partial charge in [0.2, 0.25) is 0 Å². The number of rotatable bonds is 8. The molecule has 3 heteroatoms. The van der Waals surface area contributed by atoms with E-state index in [4.69, 9.17) is 9.47 Å². The average Bonchev–Trinajstić information content (AvgIpc) is 2.09. The van der Waals surface area contributed by atoms with Gasteiger partial charge < -0.3 is 14.8 Å². The number of ether oxygens (including phenoxy) is 2. The van der Waals surface area contributed by atoms with Gasteiger partial charge in [-0.05, 0) is 19.4 Å². The van der Waals surface area contributed by atoms with Gasteiger partial charge in [-0.25, -0.2) is 0 Å². The number of hydrogen-bond donors (Lipinski definition) is 1. The number of likely N-dealkylation sites (N-methyl/N-ethyl adjacent to an activating group) is 1. The molecule has 0 aromatic heterocycles. The first-order valence-corrected chi connectivity index (χ1v) is 4.94. The lowest BCUT2D eigenvalue weighted by Gasteiger charge is -2.18. The summed E-state index contributed by atoms with van der Waals surface area (Å²) in [7, 11) is 3.67. The van der Waals surface area contributed by atoms with Crippen LogP contribution in [0.15, 0.2) is 0 Å². The van der Waals surface area contributed by atoms with Gasteiger partial charge in [0.25, 0.3) is 0 Å². The minimum Gasteiger partial charge on any atom is -0.382 e. The highest BCUT2D eigenvalue weighted by Gasteiger charge is 2.07. The first-order chi connectivity index (χ1) is 6.20. The molecule has 0 aliphatic heterocycles. The molecule has 0 radical (unpaired) electrons. The van der Waals surface area contributed by atoms with Crippen LogP contribution < -0.4 is 5.32 Å². The van der Waals surface area contributed by atoms with Crippen LogP contribution in [0.1, 0.15) is 20.3 Å². The van der Waals surface area contributed by atoms with Crippen LogP contribution in [0.25, 0.3) is 0 Å². The van der Waals surface area contributed by atoms with Crippen molar-refractivity contribution >= 4 is 0 Å². The van der Waals surface area contributed by atoms with Crippen molar-refractivity contribution in [1.82, 2.24) is 5.32 Å². The van der Waals surface area contributed by atoms with Crippen LogP contribution in [-0.4, -0.2) is 40.0 Å². The Bertz CT molecular complexity index is 107. The lowest BCUT2D eigenvalue weighted by molar-refractivity contribution is 0.0568. The summed E-state index contributed by atoms with van der Waals surface area (Å²) in [4.78, 5) is 0. The standard InChI is InChI=1S/C10H23NO2/c1-9(2)7-10(11-3)8-13-6-5-12-4/h9-11H,5-8H2,1-4H3. The maximum atomic E-state index is 5.44. The van der Waals surface area contributed by atoms with Crippen LogP contribution in [0.3, 0.4) is 0 Å². The lowest BCUT2D eigenvalue weighted by Crippen LogP contribution is -2.32. The zero-order valence-corrected chi connectivity index (χ0v) is 9.30. The van der Waals surface area contributed by atoms with Gasteiger partial charge in [-0.1, -0.05) is 13.8 Å². The van der Waals surface area contributed by atoms with E-state index >= 15 is 0 Å². The van der Waals surface area contributed by atoms with E-state index in [1.54, 1.807) is 7.11 Å². The van der Waals surface area contributed by atoms with Gasteiger partial charge in [-0.2, -0.15) is 0 Å². The maximum absolute atomic E-state index is 5.44. The third-order valence-electron chi connectivity index (χ3n) is 1.92. The van der Waals surface area contributed by atoms with E-state index < -0.39 is 0 Å². The molecule has 0 saturated carbocycles. The summed E-state index contributed by atoms with van der Waals surface area (Å²) in [6.45, 7) is 6.59. The molecule has 80 valence electrons. The molecule has 1 atom stereocenters. The molecule has 0 aromatic carbocycles. The van der Waals surface area contributed by atoms with E-state index in [0.29, 0.717) is 25.2 Å². The van der Waals surface area contributed by atoms with Gasteiger partial charge in [0.05, 0.1) is 19.8 Å². The molecule has 0 amide bonds. The molecule has 3 nitrogen and oxygen atoms in total. The van der Waals surface area contributed by atoms with Crippen molar-refractivity contribution in [2.45, 2.75) is 26.3 Å². The fraction of sp³-hybridized carbons (Fsp3) is 1.00. The molecule has 13 heavy (non-hydrogen) atoms. The van der Waals surface area contributed by atoms with E-state index in [1.807, 2.05) is 7.05 Å². The Kier molecular flexibility index (Phi) is 8.40. The highest BCUT2D eigenvalue weighted by molar-refractivity contribution is 4.65. The monoisotopic (exact) mass is 189 g/mol. The summed E-state index contributed by atoms with van der Waals surface area (Å²) >= 11 is 0. The first kappa shape index (κ1) is 12.9. The Balaban J connectivity index is 3.36. The Morgan fingerprint density at radius 2 is 1.92 bits per heavy atom. The quantitative estimate of drug-likeness (QED) is 0.584. The lowest BCUT2D eigenvalue weighted by atomic mass is 10.0. The largest absolute Gasteiger partial charge is 0.382 e. The second-order valence-electron chi connectivity index (χ2n) is 3.68. The zero-order valence-electron chi connectivity index (χ0n) is 9.30. The molecule has 0 rings (SSSR count). The summed E-state index contributed by atoms with van der Waals surface area (Å²) < 4.78 is 10.3. The summed E-state index contributed by atoms with van der Waals surface area (Å²) in [6.07, 6.45) is 1.16. The fourth-order valence-corrected chi connectivity index (χ4v) is 1.21. The average molecular weight is 189 g/mol. The smallest absolute Gasteiger partial charge is 0.0701 e. The molecule has 1 unspecified atom stereocenters. The normalized spacial score (nSPS) is 13.6. The predicted molar refractivity (Wildman–Crippen MR) is 55.0 cm³/mol. The van der Waals surface area contributed by atoms with Gasteiger partial charge in [-0.3, -0.25) is 0 Å². The molecular weight excluding hydrogens is 166 g/mol. The Morgan fingerprint density at radius 1 is 1.23 bits per heavy atom. The molecule has 0 bridgehead atoms. The van der Waals surface area contributed by atoms with Gasteiger partial charge in [0, 0.05) is 13.2 Å². The molecule has 0 heterocycles. The minimum atomic E-state index is 0.469. The highest BCUT2D eigenvalue weighted by atomic mass is 16.5. The van der Waals surface area contributed by atoms with E-state index in [-0.39, 0.29) is 0 Å². The van der Waals surface area contributed by atoms with E-state index in [1.165, 1.54) is 0 Å². The van der Waals surface area contributed by atoms with Crippen molar-refractivity contribution in [2.75, 3.05) is 34.0 Å². The van der Waals surface area contributed by atoms with Crippen LogP contribution in [0, 0.1) is 5.92 Å². The van der Waals surface area contributed by atoms with Crippen LogP contribution >= 0.6 is 0 Å². The van der Waals surface area contributed by atoms with E-state index in [2.05, 4.69) is 19.2 Å². The molecular formula is C10H23NO2. The molecule has 0 fully saturated rings. The first-order valence-electron chi connectivity index (χ1n) is 4.94. The number of methoxy groups -OCH3 is 1. The Labute approximate surface area is 81.8 Å². The molecule has 0 aliphatic rings. The van der Waals surface area contributed by atoms with Crippen LogP contribution in [-0.2, 0) is 9.47 Å². The van der Waals surface area contributed by atoms with Gasteiger partial charge in [-0.15, -0.1) is 0 Å². The van der Waals surface area contributed by atoms with Crippen LogP contribution in [0.4, 0.5) is 0 Å². The third-order valence-corrected chi connectivity index (χ3v) is 1.92. The Hall–Kier alpha value is -0.120. The minimum absolute atomic E-state index is 0.469. The van der Waals surface area contributed by atoms with E-state index in [9.17, 15) is 0 Å². The summed E-state index contributed by atoms with van der Waals surface area (Å²) in [5.41, 5.74) is 0. The predicted octanol–water partition coefficient (Wildman–Crippen LogP) is 1.28. The van der Waals surface area contributed by atoms with Crippen molar-refractivity contribution < 1.29 is 9.47 Å². The molecule has 0 aliphatic carbocycles. The third kappa shape index (κ3) is 8.22. The van der Waals surface area contributed by atoms with Crippen molar-refractivity contribution in [1.29, 1.82) is 0 Å². The second kappa shape index (κ2) is 8.48. The van der Waals surface area contributed by atoms with Crippen molar-refractivity contribution in [3.63, 3.8) is 0 Å². The fourth-order valence-electron chi connectivity index (χ4n) is 1.21. The van der Waals surface area contributed by atoms with Gasteiger partial charge >= 0.3 is 0 Å². The molecule has 0 spiro atoms. The van der Waals surface area contributed by atoms with Crippen molar-refractivity contribution in [2.24, 2.45) is 5.92 Å². The number of hydrogen-bond acceptors (Lipinski definition) is 3. The molecule has 0 aromatic rings. The molecule has 0 saturated heterocycles. The van der Waals surface area contributed by atoms with Crippen molar-refractivity contribution in [3.8, 4) is 0 Å². The van der Waals surface area contributed by atoms with Crippen LogP contribution in [0.5, 0.6) is 0 Å². The summed E-state index contributed by atoms with van der Waals surface area (Å²) in [5, 5.41) is 3.24. The van der Waals surface area contributed by atoms with Gasteiger partial charge in [0.15, 0.2) is 0 Å². The summed E-state index contributed by atoms with van der Waals surface area (Å²) in [5.74, 6) is 0.712. The maximum Gasteiger partial charge on any atom is 0.0701 e. The van der Waals surface area contributed by atoms with Crippen LogP contribution in [0.2, 0.25) is 0 Å². The topological polar surface area (TPSA) is 30.5 Å². The SMILES string of the molecule is CNC(COCCOC)CC(C)C. The highest BCUT2D eigenvalue weighted by Crippen LogP contribution is 2.04. The zero-order chi connectivity index (χ0) is 10.1.